The largest absolute Gasteiger partial charge is 0.343 e. The molecule has 9 heteroatoms. The summed E-state index contributed by atoms with van der Waals surface area (Å²) in [6.07, 6.45) is 1.35. The fourth-order valence-corrected chi connectivity index (χ4v) is 3.77. The Morgan fingerprint density at radius 1 is 1.35 bits per heavy atom. The SMILES string of the molecule is CSc1ccccc1-n1nnn([C@@H]2CC(=O)[C@@H]3OC[C@H]2O3)c1=S. The van der Waals surface area contributed by atoms with E-state index in [2.05, 4.69) is 10.4 Å². The normalized spacial score (nSPS) is 26.7. The number of fused-ring (bicyclic) bond motifs is 2. The van der Waals surface area contributed by atoms with Gasteiger partial charge in [0.15, 0.2) is 5.78 Å². The molecule has 120 valence electrons. The predicted molar refractivity (Wildman–Crippen MR) is 85.2 cm³/mol. The predicted octanol–water partition coefficient (Wildman–Crippen LogP) is 1.78. The molecular weight excluding hydrogens is 336 g/mol. The van der Waals surface area contributed by atoms with Crippen molar-refractivity contribution in [2.45, 2.75) is 29.8 Å². The van der Waals surface area contributed by atoms with Gasteiger partial charge in [0.2, 0.25) is 11.1 Å². The lowest BCUT2D eigenvalue weighted by Crippen LogP contribution is -2.37. The van der Waals surface area contributed by atoms with Crippen molar-refractivity contribution < 1.29 is 14.3 Å². The third-order valence-corrected chi connectivity index (χ3v) is 5.19. The summed E-state index contributed by atoms with van der Waals surface area (Å²) in [4.78, 5) is 13.0. The van der Waals surface area contributed by atoms with Gasteiger partial charge in [-0.1, -0.05) is 12.1 Å². The van der Waals surface area contributed by atoms with Crippen LogP contribution in [0, 0.1) is 4.77 Å². The molecule has 4 rings (SSSR count). The number of ketones is 1. The van der Waals surface area contributed by atoms with Crippen molar-refractivity contribution in [3.05, 3.63) is 29.0 Å². The molecule has 2 fully saturated rings. The number of aromatic nitrogens is 4. The lowest BCUT2D eigenvalue weighted by molar-refractivity contribution is -0.156. The summed E-state index contributed by atoms with van der Waals surface area (Å²) in [6, 6.07) is 7.57. The van der Waals surface area contributed by atoms with E-state index in [-0.39, 0.29) is 17.9 Å². The Bertz CT molecular complexity index is 818. The molecule has 3 heterocycles. The number of nitrogens with zero attached hydrogens (tertiary/aromatic N) is 4. The first-order valence-electron chi connectivity index (χ1n) is 7.16. The Balaban J connectivity index is 1.74. The highest BCUT2D eigenvalue weighted by Gasteiger charge is 2.45. The molecule has 2 bridgehead atoms. The molecular formula is C14H14N4O3S2. The van der Waals surface area contributed by atoms with E-state index in [1.165, 1.54) is 0 Å². The molecule has 2 saturated heterocycles. The molecule has 0 N–H and O–H groups in total. The standard InChI is InChI=1S/C14H14N4O3S2/c1-23-12-5-3-2-4-8(12)17-14(22)18(16-15-17)9-6-10(19)13-20-7-11(9)21-13/h2-5,9,11,13H,6-7H2,1H3/t9-,11-,13-/m1/s1. The van der Waals surface area contributed by atoms with Gasteiger partial charge < -0.3 is 9.47 Å². The molecule has 1 aromatic carbocycles. The van der Waals surface area contributed by atoms with Gasteiger partial charge in [0.1, 0.15) is 6.10 Å². The van der Waals surface area contributed by atoms with Gasteiger partial charge in [0.25, 0.3) is 0 Å². The van der Waals surface area contributed by atoms with Crippen LogP contribution in [0.25, 0.3) is 5.69 Å². The smallest absolute Gasteiger partial charge is 0.221 e. The molecule has 0 radical (unpaired) electrons. The molecule has 7 nitrogen and oxygen atoms in total. The van der Waals surface area contributed by atoms with E-state index in [0.29, 0.717) is 17.8 Å². The number of carbonyl (C=O) groups excluding carboxylic acids is 1. The van der Waals surface area contributed by atoms with Crippen molar-refractivity contribution in [3.63, 3.8) is 0 Å². The highest BCUT2D eigenvalue weighted by atomic mass is 32.2. The van der Waals surface area contributed by atoms with E-state index in [1.807, 2.05) is 30.5 Å². The molecule has 0 unspecified atom stereocenters. The lowest BCUT2D eigenvalue weighted by atomic mass is 10.0. The number of benzene rings is 1. The van der Waals surface area contributed by atoms with Gasteiger partial charge in [-0.05, 0) is 41.0 Å². The second kappa shape index (κ2) is 5.82. The summed E-state index contributed by atoms with van der Waals surface area (Å²) in [5.74, 6) is -0.0790. The van der Waals surface area contributed by atoms with E-state index in [0.717, 1.165) is 10.6 Å². The molecule has 2 aliphatic heterocycles. The van der Waals surface area contributed by atoms with Crippen molar-refractivity contribution in [3.8, 4) is 5.69 Å². The van der Waals surface area contributed by atoms with Crippen molar-refractivity contribution in [1.82, 2.24) is 19.8 Å². The number of hydrogen-bond acceptors (Lipinski definition) is 7. The van der Waals surface area contributed by atoms with Crippen molar-refractivity contribution in [2.24, 2.45) is 0 Å². The van der Waals surface area contributed by atoms with Crippen LogP contribution in [0.15, 0.2) is 29.2 Å². The zero-order chi connectivity index (χ0) is 16.0. The topological polar surface area (TPSA) is 71.2 Å². The highest BCUT2D eigenvalue weighted by molar-refractivity contribution is 7.98. The second-order valence-corrected chi connectivity index (χ2v) is 6.58. The lowest BCUT2D eigenvalue weighted by Gasteiger charge is -2.25. The van der Waals surface area contributed by atoms with Gasteiger partial charge in [-0.25, -0.2) is 4.68 Å². The van der Waals surface area contributed by atoms with Gasteiger partial charge in [0.05, 0.1) is 18.3 Å². The second-order valence-electron chi connectivity index (χ2n) is 5.37. The maximum Gasteiger partial charge on any atom is 0.221 e. The molecule has 2 aliphatic rings. The Morgan fingerprint density at radius 3 is 3.00 bits per heavy atom. The van der Waals surface area contributed by atoms with Crippen LogP contribution in [0.2, 0.25) is 0 Å². The van der Waals surface area contributed by atoms with Crippen LogP contribution in [0.3, 0.4) is 0 Å². The number of ether oxygens (including phenoxy) is 2. The fourth-order valence-electron chi connectivity index (χ4n) is 2.89. The van der Waals surface area contributed by atoms with Gasteiger partial charge in [-0.15, -0.1) is 11.8 Å². The summed E-state index contributed by atoms with van der Waals surface area (Å²) >= 11 is 7.15. The Hall–Kier alpha value is -1.55. The number of rotatable bonds is 3. The first-order valence-corrected chi connectivity index (χ1v) is 8.80. The molecule has 0 amide bonds. The molecule has 2 aromatic rings. The van der Waals surface area contributed by atoms with E-state index >= 15 is 0 Å². The van der Waals surface area contributed by atoms with E-state index in [9.17, 15) is 4.79 Å². The highest BCUT2D eigenvalue weighted by Crippen LogP contribution is 2.33. The first-order chi connectivity index (χ1) is 11.2. The molecule has 0 spiro atoms. The number of para-hydroxylation sites is 1. The van der Waals surface area contributed by atoms with Gasteiger partial charge in [-0.3, -0.25) is 4.79 Å². The van der Waals surface area contributed by atoms with Crippen LogP contribution in [-0.4, -0.2) is 50.8 Å². The summed E-state index contributed by atoms with van der Waals surface area (Å²) < 4.78 is 14.6. The van der Waals surface area contributed by atoms with E-state index in [4.69, 9.17) is 21.7 Å². The van der Waals surface area contributed by atoms with Crippen molar-refractivity contribution >= 4 is 29.8 Å². The number of thioether (sulfide) groups is 1. The first kappa shape index (κ1) is 15.0. The fraction of sp³-hybridized carbons (Fsp3) is 0.429. The zero-order valence-corrected chi connectivity index (χ0v) is 13.9. The van der Waals surface area contributed by atoms with E-state index < -0.39 is 6.29 Å². The Labute approximate surface area is 141 Å². The van der Waals surface area contributed by atoms with Crippen molar-refractivity contribution in [1.29, 1.82) is 0 Å². The van der Waals surface area contributed by atoms with Crippen molar-refractivity contribution in [2.75, 3.05) is 12.9 Å². The summed E-state index contributed by atoms with van der Waals surface area (Å²) in [5.41, 5.74) is 0.875. The maximum atomic E-state index is 12.0. The minimum absolute atomic E-state index is 0.0790. The Kier molecular flexibility index (Phi) is 3.80. The van der Waals surface area contributed by atoms with Crippen LogP contribution in [0.5, 0.6) is 0 Å². The number of carbonyl (C=O) groups is 1. The minimum Gasteiger partial charge on any atom is -0.343 e. The van der Waals surface area contributed by atoms with E-state index in [1.54, 1.807) is 21.1 Å². The Morgan fingerprint density at radius 2 is 2.17 bits per heavy atom. The maximum absolute atomic E-state index is 12.0. The average molecular weight is 350 g/mol. The number of Topliss-reactive ketones (excluding diaryl/α,β-unsaturated/α-hetero) is 1. The van der Waals surface area contributed by atoms with Crippen LogP contribution < -0.4 is 0 Å². The molecule has 0 saturated carbocycles. The van der Waals surface area contributed by atoms with Gasteiger partial charge in [0, 0.05) is 11.3 Å². The summed E-state index contributed by atoms with van der Waals surface area (Å²) in [7, 11) is 0. The van der Waals surface area contributed by atoms with Crippen LogP contribution in [0.4, 0.5) is 0 Å². The van der Waals surface area contributed by atoms with Crippen LogP contribution >= 0.6 is 24.0 Å². The third-order valence-electron chi connectivity index (χ3n) is 4.04. The quantitative estimate of drug-likeness (QED) is 0.617. The van der Waals surface area contributed by atoms with Crippen LogP contribution in [0.1, 0.15) is 12.5 Å². The number of tetrazole rings is 1. The minimum atomic E-state index is -0.724. The molecule has 3 atom stereocenters. The zero-order valence-electron chi connectivity index (χ0n) is 12.3. The number of hydrogen-bond donors (Lipinski definition) is 0. The molecule has 1 aromatic heterocycles. The van der Waals surface area contributed by atoms with Gasteiger partial charge >= 0.3 is 0 Å². The summed E-state index contributed by atoms with van der Waals surface area (Å²) in [5, 5.41) is 8.35. The molecule has 0 aliphatic carbocycles. The molecule has 23 heavy (non-hydrogen) atoms. The third kappa shape index (κ3) is 2.44. The van der Waals surface area contributed by atoms with Crippen LogP contribution in [-0.2, 0) is 14.3 Å². The van der Waals surface area contributed by atoms with Gasteiger partial charge in [-0.2, -0.15) is 4.68 Å². The average Bonchev–Trinajstić information content (AvgIpc) is 3.16. The monoisotopic (exact) mass is 350 g/mol. The summed E-state index contributed by atoms with van der Waals surface area (Å²) in [6.45, 7) is 0.372.